The van der Waals surface area contributed by atoms with Crippen LogP contribution in [0.4, 0.5) is 0 Å². The Hall–Kier alpha value is -2.93. The molecular formula is C20H24N4O3. The zero-order valence-corrected chi connectivity index (χ0v) is 15.1. The molecule has 1 aliphatic rings. The molecule has 2 aromatic rings. The van der Waals surface area contributed by atoms with Gasteiger partial charge in [-0.3, -0.25) is 19.5 Å². The molecule has 1 aliphatic heterocycles. The van der Waals surface area contributed by atoms with Crippen molar-refractivity contribution in [3.8, 4) is 5.75 Å². The van der Waals surface area contributed by atoms with Crippen molar-refractivity contribution in [3.63, 3.8) is 0 Å². The lowest BCUT2D eigenvalue weighted by atomic mass is 10.1. The molecule has 1 saturated heterocycles. The van der Waals surface area contributed by atoms with E-state index in [4.69, 9.17) is 4.74 Å². The second-order valence-electron chi connectivity index (χ2n) is 6.35. The first-order valence-corrected chi connectivity index (χ1v) is 9.07. The van der Waals surface area contributed by atoms with E-state index < -0.39 is 6.04 Å². The zero-order chi connectivity index (χ0) is 18.9. The van der Waals surface area contributed by atoms with Crippen LogP contribution < -0.4 is 15.4 Å². The number of nitrogens with zero attached hydrogens (tertiary/aromatic N) is 2. The number of hydrogen-bond donors (Lipinski definition) is 2. The maximum absolute atomic E-state index is 12.3. The number of pyridine rings is 1. The van der Waals surface area contributed by atoms with Crippen molar-refractivity contribution in [2.45, 2.75) is 19.0 Å². The maximum Gasteiger partial charge on any atom is 0.237 e. The standard InChI is InChI=1S/C20H24N4O3/c25-19(22-10-12-27-17-6-2-1-3-7-17)13-18-20(26)23-9-11-24(18)15-16-5-4-8-21-14-16/h1-8,14,18H,9-13,15H2,(H,22,25)(H,23,26). The van der Waals surface area contributed by atoms with Crippen molar-refractivity contribution >= 4 is 11.8 Å². The van der Waals surface area contributed by atoms with Crippen molar-refractivity contribution in [2.75, 3.05) is 26.2 Å². The van der Waals surface area contributed by atoms with Crippen LogP contribution in [0.25, 0.3) is 0 Å². The molecule has 3 rings (SSSR count). The Balaban J connectivity index is 1.47. The highest BCUT2D eigenvalue weighted by Gasteiger charge is 2.31. The van der Waals surface area contributed by atoms with E-state index in [1.807, 2.05) is 47.4 Å². The van der Waals surface area contributed by atoms with Crippen LogP contribution in [-0.4, -0.2) is 54.0 Å². The van der Waals surface area contributed by atoms with Gasteiger partial charge in [-0.2, -0.15) is 0 Å². The van der Waals surface area contributed by atoms with E-state index in [9.17, 15) is 9.59 Å². The Bertz CT molecular complexity index is 739. The van der Waals surface area contributed by atoms with E-state index >= 15 is 0 Å². The van der Waals surface area contributed by atoms with Gasteiger partial charge in [0.2, 0.25) is 11.8 Å². The molecule has 1 aromatic carbocycles. The van der Waals surface area contributed by atoms with Crippen molar-refractivity contribution in [1.82, 2.24) is 20.5 Å². The summed E-state index contributed by atoms with van der Waals surface area (Å²) in [5, 5.41) is 5.66. The summed E-state index contributed by atoms with van der Waals surface area (Å²) >= 11 is 0. The van der Waals surface area contributed by atoms with Crippen molar-refractivity contribution in [3.05, 3.63) is 60.4 Å². The molecule has 0 radical (unpaired) electrons. The normalized spacial score (nSPS) is 17.2. The van der Waals surface area contributed by atoms with Crippen molar-refractivity contribution < 1.29 is 14.3 Å². The van der Waals surface area contributed by atoms with Crippen LogP contribution in [0.2, 0.25) is 0 Å². The number of benzene rings is 1. The van der Waals surface area contributed by atoms with Crippen LogP contribution in [0.5, 0.6) is 5.75 Å². The van der Waals surface area contributed by atoms with Gasteiger partial charge in [0.25, 0.3) is 0 Å². The number of amides is 2. The van der Waals surface area contributed by atoms with Gasteiger partial charge in [-0.05, 0) is 23.8 Å². The highest BCUT2D eigenvalue weighted by Crippen LogP contribution is 2.13. The number of ether oxygens (including phenoxy) is 1. The topological polar surface area (TPSA) is 83.6 Å². The Kier molecular flexibility index (Phi) is 6.76. The average molecular weight is 368 g/mol. The lowest BCUT2D eigenvalue weighted by Gasteiger charge is -2.34. The van der Waals surface area contributed by atoms with Crippen molar-refractivity contribution in [1.29, 1.82) is 0 Å². The summed E-state index contributed by atoms with van der Waals surface area (Å²) in [6.45, 7) is 2.66. The Morgan fingerprint density at radius 1 is 1.26 bits per heavy atom. The molecule has 7 nitrogen and oxygen atoms in total. The predicted molar refractivity (Wildman–Crippen MR) is 101 cm³/mol. The number of rotatable bonds is 8. The first-order valence-electron chi connectivity index (χ1n) is 9.07. The highest BCUT2D eigenvalue weighted by molar-refractivity contribution is 5.88. The maximum atomic E-state index is 12.3. The number of hydrogen-bond acceptors (Lipinski definition) is 5. The van der Waals surface area contributed by atoms with Crippen LogP contribution in [0.1, 0.15) is 12.0 Å². The Labute approximate surface area is 158 Å². The monoisotopic (exact) mass is 368 g/mol. The highest BCUT2D eigenvalue weighted by atomic mass is 16.5. The van der Waals surface area contributed by atoms with Gasteiger partial charge in [-0.1, -0.05) is 24.3 Å². The minimum atomic E-state index is -0.478. The van der Waals surface area contributed by atoms with Crippen LogP contribution in [-0.2, 0) is 16.1 Å². The molecule has 2 heterocycles. The van der Waals surface area contributed by atoms with Gasteiger partial charge in [0.1, 0.15) is 12.4 Å². The molecule has 0 saturated carbocycles. The van der Waals surface area contributed by atoms with Crippen LogP contribution in [0.15, 0.2) is 54.9 Å². The number of nitrogens with one attached hydrogen (secondary N) is 2. The predicted octanol–water partition coefficient (Wildman–Crippen LogP) is 0.967. The molecule has 1 unspecified atom stereocenters. The van der Waals surface area contributed by atoms with Gasteiger partial charge < -0.3 is 15.4 Å². The second-order valence-corrected chi connectivity index (χ2v) is 6.35. The summed E-state index contributed by atoms with van der Waals surface area (Å²) in [7, 11) is 0. The van der Waals surface area contributed by atoms with Gasteiger partial charge in [-0.25, -0.2) is 0 Å². The third-order valence-corrected chi connectivity index (χ3v) is 4.37. The third-order valence-electron chi connectivity index (χ3n) is 4.37. The summed E-state index contributed by atoms with van der Waals surface area (Å²) < 4.78 is 5.56. The molecule has 7 heteroatoms. The first-order chi connectivity index (χ1) is 13.2. The summed E-state index contributed by atoms with van der Waals surface area (Å²) in [5.74, 6) is 0.492. The van der Waals surface area contributed by atoms with E-state index in [2.05, 4.69) is 15.6 Å². The Morgan fingerprint density at radius 3 is 2.89 bits per heavy atom. The fraction of sp³-hybridized carbons (Fsp3) is 0.350. The van der Waals surface area contributed by atoms with Gasteiger partial charge >= 0.3 is 0 Å². The summed E-state index contributed by atoms with van der Waals surface area (Å²) in [6.07, 6.45) is 3.62. The molecule has 142 valence electrons. The van der Waals surface area contributed by atoms with Gasteiger partial charge in [0.05, 0.1) is 19.0 Å². The van der Waals surface area contributed by atoms with E-state index in [0.29, 0.717) is 32.8 Å². The van der Waals surface area contributed by atoms with Gasteiger partial charge in [0.15, 0.2) is 0 Å². The largest absolute Gasteiger partial charge is 0.492 e. The number of carbonyl (C=O) groups is 2. The molecule has 27 heavy (non-hydrogen) atoms. The van der Waals surface area contributed by atoms with E-state index in [1.54, 1.807) is 12.4 Å². The minimum Gasteiger partial charge on any atom is -0.492 e. The summed E-state index contributed by atoms with van der Waals surface area (Å²) in [4.78, 5) is 30.7. The quantitative estimate of drug-likeness (QED) is 0.679. The number of para-hydroxylation sites is 1. The van der Waals surface area contributed by atoms with Crippen molar-refractivity contribution in [2.24, 2.45) is 0 Å². The third kappa shape index (κ3) is 5.79. The molecule has 1 aromatic heterocycles. The number of aromatic nitrogens is 1. The molecule has 1 fully saturated rings. The zero-order valence-electron chi connectivity index (χ0n) is 15.1. The van der Waals surface area contributed by atoms with E-state index in [0.717, 1.165) is 11.3 Å². The minimum absolute atomic E-state index is 0.110. The molecule has 2 N–H and O–H groups in total. The fourth-order valence-corrected chi connectivity index (χ4v) is 3.02. The van der Waals surface area contributed by atoms with E-state index in [-0.39, 0.29) is 18.2 Å². The molecule has 0 aliphatic carbocycles. The summed E-state index contributed by atoms with van der Waals surface area (Å²) in [6, 6.07) is 12.8. The van der Waals surface area contributed by atoms with Crippen LogP contribution >= 0.6 is 0 Å². The van der Waals surface area contributed by atoms with Crippen LogP contribution in [0, 0.1) is 0 Å². The first kappa shape index (κ1) is 18.8. The number of carbonyl (C=O) groups excluding carboxylic acids is 2. The molecule has 1 atom stereocenters. The number of piperazine rings is 1. The molecule has 2 amide bonds. The molecule has 0 bridgehead atoms. The second kappa shape index (κ2) is 9.68. The van der Waals surface area contributed by atoms with E-state index in [1.165, 1.54) is 0 Å². The lowest BCUT2D eigenvalue weighted by Crippen LogP contribution is -2.56. The lowest BCUT2D eigenvalue weighted by molar-refractivity contribution is -0.134. The molecule has 0 spiro atoms. The smallest absolute Gasteiger partial charge is 0.237 e. The Morgan fingerprint density at radius 2 is 2.11 bits per heavy atom. The SMILES string of the molecule is O=C(CC1C(=O)NCCN1Cc1cccnc1)NCCOc1ccccc1. The van der Waals surface area contributed by atoms with Gasteiger partial charge in [0, 0.05) is 32.0 Å². The summed E-state index contributed by atoms with van der Waals surface area (Å²) in [5.41, 5.74) is 1.02. The van der Waals surface area contributed by atoms with Gasteiger partial charge in [-0.15, -0.1) is 0 Å². The van der Waals surface area contributed by atoms with Crippen LogP contribution in [0.3, 0.4) is 0 Å². The molecular weight excluding hydrogens is 344 g/mol. The fourth-order valence-electron chi connectivity index (χ4n) is 3.02. The average Bonchev–Trinajstić information content (AvgIpc) is 2.70.